The standard InChI is InChI=1S/C20H23N3O2/c1-13-7-6-8-14(2)19(13)25-12-16(24)11-21-20-15(3)22-17-9-4-5-10-18(17)23-20/h4-10,16,24H,11-12H2,1-3H3,(H,21,23)/t16-/m1/s1. The minimum absolute atomic E-state index is 0.221. The summed E-state index contributed by atoms with van der Waals surface area (Å²) in [4.78, 5) is 9.10. The SMILES string of the molecule is Cc1cccc(C)c1OC[C@H](O)CNc1nc2ccccc2nc1C. The van der Waals surface area contributed by atoms with Gasteiger partial charge in [-0.3, -0.25) is 0 Å². The van der Waals surface area contributed by atoms with Crippen LogP contribution in [0.4, 0.5) is 5.82 Å². The molecule has 25 heavy (non-hydrogen) atoms. The lowest BCUT2D eigenvalue weighted by atomic mass is 10.1. The molecule has 0 saturated carbocycles. The first kappa shape index (κ1) is 17.2. The van der Waals surface area contributed by atoms with E-state index in [0.29, 0.717) is 12.4 Å². The third kappa shape index (κ3) is 4.06. The van der Waals surface area contributed by atoms with E-state index in [1.54, 1.807) is 0 Å². The van der Waals surface area contributed by atoms with Gasteiger partial charge in [-0.25, -0.2) is 9.97 Å². The number of rotatable bonds is 6. The maximum absolute atomic E-state index is 10.2. The minimum atomic E-state index is -0.647. The van der Waals surface area contributed by atoms with Crippen LogP contribution >= 0.6 is 0 Å². The van der Waals surface area contributed by atoms with Gasteiger partial charge in [0.25, 0.3) is 0 Å². The highest BCUT2D eigenvalue weighted by Crippen LogP contribution is 2.22. The highest BCUT2D eigenvalue weighted by Gasteiger charge is 2.10. The molecule has 5 nitrogen and oxygen atoms in total. The second-order valence-corrected chi connectivity index (χ2v) is 6.21. The Kier molecular flexibility index (Phi) is 5.14. The molecule has 0 spiro atoms. The predicted octanol–water partition coefficient (Wildman–Crippen LogP) is 3.41. The number of hydrogen-bond donors (Lipinski definition) is 2. The van der Waals surface area contributed by atoms with Crippen LogP contribution in [0, 0.1) is 20.8 Å². The number of ether oxygens (including phenoxy) is 1. The number of anilines is 1. The van der Waals surface area contributed by atoms with Crippen LogP contribution in [-0.4, -0.2) is 34.3 Å². The Bertz CT molecular complexity index is 860. The average Bonchev–Trinajstić information content (AvgIpc) is 2.59. The summed E-state index contributed by atoms with van der Waals surface area (Å²) in [5, 5.41) is 13.4. The number of para-hydroxylation sites is 3. The molecule has 0 amide bonds. The monoisotopic (exact) mass is 337 g/mol. The molecule has 1 atom stereocenters. The summed E-state index contributed by atoms with van der Waals surface area (Å²) in [7, 11) is 0. The van der Waals surface area contributed by atoms with Crippen molar-refractivity contribution < 1.29 is 9.84 Å². The Morgan fingerprint density at radius 3 is 2.28 bits per heavy atom. The molecule has 1 heterocycles. The van der Waals surface area contributed by atoms with Crippen molar-refractivity contribution in [2.24, 2.45) is 0 Å². The van der Waals surface area contributed by atoms with E-state index in [2.05, 4.69) is 15.3 Å². The summed E-state index contributed by atoms with van der Waals surface area (Å²) in [6.07, 6.45) is -0.647. The predicted molar refractivity (Wildman–Crippen MR) is 100 cm³/mol. The van der Waals surface area contributed by atoms with Crippen molar-refractivity contribution >= 4 is 16.9 Å². The van der Waals surface area contributed by atoms with Crippen LogP contribution in [0.2, 0.25) is 0 Å². The van der Waals surface area contributed by atoms with E-state index >= 15 is 0 Å². The normalized spacial score (nSPS) is 12.2. The van der Waals surface area contributed by atoms with Gasteiger partial charge in [0.15, 0.2) is 0 Å². The number of hydrogen-bond acceptors (Lipinski definition) is 5. The van der Waals surface area contributed by atoms with Gasteiger partial charge >= 0.3 is 0 Å². The Morgan fingerprint density at radius 2 is 1.60 bits per heavy atom. The molecule has 5 heteroatoms. The quantitative estimate of drug-likeness (QED) is 0.721. The van der Waals surface area contributed by atoms with Gasteiger partial charge in [0, 0.05) is 6.54 Å². The summed E-state index contributed by atoms with van der Waals surface area (Å²) < 4.78 is 5.79. The van der Waals surface area contributed by atoms with Crippen molar-refractivity contribution in [1.29, 1.82) is 0 Å². The van der Waals surface area contributed by atoms with Crippen molar-refractivity contribution in [2.75, 3.05) is 18.5 Å². The maximum Gasteiger partial charge on any atom is 0.148 e. The van der Waals surface area contributed by atoms with Crippen molar-refractivity contribution in [3.05, 3.63) is 59.3 Å². The Morgan fingerprint density at radius 1 is 0.960 bits per heavy atom. The lowest BCUT2D eigenvalue weighted by molar-refractivity contribution is 0.116. The zero-order valence-corrected chi connectivity index (χ0v) is 14.8. The lowest BCUT2D eigenvalue weighted by Gasteiger charge is -2.17. The molecule has 0 saturated heterocycles. The average molecular weight is 337 g/mol. The van der Waals surface area contributed by atoms with Gasteiger partial charge in [0.05, 0.1) is 16.7 Å². The number of nitrogens with zero attached hydrogens (tertiary/aromatic N) is 2. The van der Waals surface area contributed by atoms with Crippen LogP contribution in [-0.2, 0) is 0 Å². The van der Waals surface area contributed by atoms with Gasteiger partial charge in [-0.1, -0.05) is 30.3 Å². The third-order valence-electron chi connectivity index (χ3n) is 4.08. The summed E-state index contributed by atoms with van der Waals surface area (Å²) in [6.45, 7) is 6.47. The largest absolute Gasteiger partial charge is 0.490 e. The number of nitrogens with one attached hydrogen (secondary N) is 1. The molecule has 3 aromatic rings. The third-order valence-corrected chi connectivity index (χ3v) is 4.08. The number of aromatic nitrogens is 2. The summed E-state index contributed by atoms with van der Waals surface area (Å²) in [5.41, 5.74) is 4.63. The van der Waals surface area contributed by atoms with Crippen LogP contribution in [0.3, 0.4) is 0 Å². The fourth-order valence-corrected chi connectivity index (χ4v) is 2.74. The summed E-state index contributed by atoms with van der Waals surface area (Å²) in [5.74, 6) is 1.52. The van der Waals surface area contributed by atoms with E-state index in [1.165, 1.54) is 0 Å². The molecule has 0 unspecified atom stereocenters. The molecule has 0 aliphatic carbocycles. The van der Waals surface area contributed by atoms with Crippen LogP contribution < -0.4 is 10.1 Å². The number of benzene rings is 2. The van der Waals surface area contributed by atoms with Crippen LogP contribution in [0.15, 0.2) is 42.5 Å². The first-order valence-electron chi connectivity index (χ1n) is 8.39. The second-order valence-electron chi connectivity index (χ2n) is 6.21. The first-order chi connectivity index (χ1) is 12.0. The fourth-order valence-electron chi connectivity index (χ4n) is 2.74. The fraction of sp³-hybridized carbons (Fsp3) is 0.300. The Hall–Kier alpha value is -2.66. The molecular weight excluding hydrogens is 314 g/mol. The van der Waals surface area contributed by atoms with E-state index in [1.807, 2.05) is 63.2 Å². The molecule has 2 aromatic carbocycles. The van der Waals surface area contributed by atoms with Crippen molar-refractivity contribution in [1.82, 2.24) is 9.97 Å². The van der Waals surface area contributed by atoms with Gasteiger partial charge < -0.3 is 15.2 Å². The summed E-state index contributed by atoms with van der Waals surface area (Å²) >= 11 is 0. The molecule has 0 fully saturated rings. The maximum atomic E-state index is 10.2. The molecule has 0 aliphatic heterocycles. The van der Waals surface area contributed by atoms with Gasteiger partial charge in [0.1, 0.15) is 24.3 Å². The molecule has 0 bridgehead atoms. The minimum Gasteiger partial charge on any atom is -0.490 e. The van der Waals surface area contributed by atoms with Crippen LogP contribution in [0.25, 0.3) is 11.0 Å². The topological polar surface area (TPSA) is 67.3 Å². The van der Waals surface area contributed by atoms with Crippen LogP contribution in [0.1, 0.15) is 16.8 Å². The van der Waals surface area contributed by atoms with E-state index in [9.17, 15) is 5.11 Å². The number of aryl methyl sites for hydroxylation is 3. The zero-order chi connectivity index (χ0) is 17.8. The number of fused-ring (bicyclic) bond motifs is 1. The van der Waals surface area contributed by atoms with E-state index in [0.717, 1.165) is 33.6 Å². The van der Waals surface area contributed by atoms with E-state index in [-0.39, 0.29) is 6.61 Å². The highest BCUT2D eigenvalue weighted by molar-refractivity contribution is 5.76. The molecule has 130 valence electrons. The van der Waals surface area contributed by atoms with Gasteiger partial charge in [-0.15, -0.1) is 0 Å². The second kappa shape index (κ2) is 7.49. The molecule has 0 aliphatic rings. The molecule has 1 aromatic heterocycles. The molecule has 0 radical (unpaired) electrons. The molecule has 2 N–H and O–H groups in total. The van der Waals surface area contributed by atoms with Crippen molar-refractivity contribution in [3.8, 4) is 5.75 Å². The first-order valence-corrected chi connectivity index (χ1v) is 8.39. The highest BCUT2D eigenvalue weighted by atomic mass is 16.5. The van der Waals surface area contributed by atoms with Gasteiger partial charge in [-0.2, -0.15) is 0 Å². The van der Waals surface area contributed by atoms with Crippen molar-refractivity contribution in [2.45, 2.75) is 26.9 Å². The zero-order valence-electron chi connectivity index (χ0n) is 14.8. The Balaban J connectivity index is 1.61. The van der Waals surface area contributed by atoms with Gasteiger partial charge in [-0.05, 0) is 44.0 Å². The smallest absolute Gasteiger partial charge is 0.148 e. The summed E-state index contributed by atoms with van der Waals surface area (Å²) in [6, 6.07) is 13.7. The van der Waals surface area contributed by atoms with Gasteiger partial charge in [0.2, 0.25) is 0 Å². The van der Waals surface area contributed by atoms with E-state index < -0.39 is 6.10 Å². The number of aliphatic hydroxyl groups excluding tert-OH is 1. The Labute approximate surface area is 147 Å². The molecular formula is C20H23N3O2. The van der Waals surface area contributed by atoms with E-state index in [4.69, 9.17) is 4.74 Å². The number of aliphatic hydroxyl groups is 1. The van der Waals surface area contributed by atoms with Crippen LogP contribution in [0.5, 0.6) is 5.75 Å². The van der Waals surface area contributed by atoms with Crippen molar-refractivity contribution in [3.63, 3.8) is 0 Å². The molecule has 3 rings (SSSR count). The lowest BCUT2D eigenvalue weighted by Crippen LogP contribution is -2.27.